The molecule has 6 aliphatic heterocycles. The van der Waals surface area contributed by atoms with Gasteiger partial charge in [-0.25, -0.2) is 31.0 Å². The lowest BCUT2D eigenvalue weighted by Gasteiger charge is -2.39. The van der Waals surface area contributed by atoms with E-state index in [1.807, 2.05) is 199 Å². The zero-order valence-electron chi connectivity index (χ0n) is 73.6. The number of benzene rings is 6. The molecule has 0 spiro atoms. The van der Waals surface area contributed by atoms with Crippen LogP contribution < -0.4 is 35.2 Å². The molecule has 6 saturated heterocycles. The van der Waals surface area contributed by atoms with E-state index in [1.165, 1.54) is 18.2 Å². The molecule has 124 heavy (non-hydrogen) atoms. The number of anilines is 3. The van der Waals surface area contributed by atoms with Gasteiger partial charge in [0.1, 0.15) is 17.5 Å². The summed E-state index contributed by atoms with van der Waals surface area (Å²) in [5.41, 5.74) is 13.6. The second-order valence-corrected chi connectivity index (χ2v) is 43.4. The van der Waals surface area contributed by atoms with Crippen LogP contribution in [0.1, 0.15) is 191 Å². The lowest BCUT2D eigenvalue weighted by atomic mass is 9.88. The van der Waals surface area contributed by atoms with E-state index in [2.05, 4.69) is 28.6 Å². The first-order valence-corrected chi connectivity index (χ1v) is 48.0. The van der Waals surface area contributed by atoms with Crippen LogP contribution in [0.25, 0.3) is 0 Å². The third-order valence-electron chi connectivity index (χ3n) is 25.5. The first-order valence-electron chi connectivity index (χ1n) is 44.2. The standard InChI is InChI=1S/C33H44ClFN4O3S.C29H40ClFN4O2S.C29H36ClFN4O2.C4H5ClO/c1-21(2)29(36-43(42)33(3,4)5)25-7-6-8-28(35)30(25)37-15-17-38(18-16-37)32(41)27-20-39(31(40)23-9-10-23)19-26(27)22-11-13-24(34)14-12-22;1-19(2)26(33-38(37)29(3,4)5)22-7-6-8-25(31)27(22)34-13-15-35(16-14-34)28(36)24-18-32-17-23(24)20-9-11-21(30)12-10-20;1-18(2)26(32)22-4-3-5-25(31)27(22)33-12-14-34(15-13-33)29(37)24-17-35(28(36)20-6-7-20)16-23(24)19-8-10-21(30)11-9-19;5-4(6)3-1-2-3/h6-8,11-14,21,23,26-27,29,36H,9-10,15-20H2,1-5H3;6-12,19,23-24,26,32-33H,13-18H2,1-5H3;3-5,8-11,18,20,23-24,26H,6-7,12-17,32H2,1-2H3;3H,1-2H2/t26-,27+,29+,43+;23-,24+,26+,38+;23-,24+,26+;/m111./s1. The molecule has 6 aromatic rings. The van der Waals surface area contributed by atoms with Gasteiger partial charge in [-0.3, -0.25) is 28.8 Å². The zero-order valence-corrected chi connectivity index (χ0v) is 78.3. The van der Waals surface area contributed by atoms with E-state index in [4.69, 9.17) is 52.1 Å². The van der Waals surface area contributed by atoms with Gasteiger partial charge in [0.15, 0.2) is 0 Å². The number of hydrogen-bond donors (Lipinski definition) is 4. The number of halogens is 7. The minimum Gasteiger partial charge on any atom is -0.365 e. The van der Waals surface area contributed by atoms with Crippen molar-refractivity contribution < 1.29 is 50.4 Å². The number of likely N-dealkylation sites (tertiary alicyclic amines) is 2. The molecule has 5 N–H and O–H groups in total. The number of para-hydroxylation sites is 3. The van der Waals surface area contributed by atoms with Crippen molar-refractivity contribution in [3.05, 3.63) is 193 Å². The van der Waals surface area contributed by atoms with Crippen LogP contribution in [0.5, 0.6) is 0 Å². The predicted molar refractivity (Wildman–Crippen MR) is 493 cm³/mol. The van der Waals surface area contributed by atoms with E-state index in [0.29, 0.717) is 143 Å². The van der Waals surface area contributed by atoms with Crippen molar-refractivity contribution in [2.75, 3.05) is 133 Å². The van der Waals surface area contributed by atoms with Gasteiger partial charge >= 0.3 is 0 Å². The molecule has 9 fully saturated rings. The maximum absolute atomic E-state index is 15.5. The highest BCUT2D eigenvalue weighted by Gasteiger charge is 2.49. The third kappa shape index (κ3) is 23.8. The molecular formula is C95H125Cl4F3N12O8S2. The number of piperazine rings is 3. The molecule has 9 aliphatic rings. The highest BCUT2D eigenvalue weighted by atomic mass is 35.5. The monoisotopic (exact) mass is 1820 g/mol. The van der Waals surface area contributed by atoms with Crippen LogP contribution in [-0.2, 0) is 50.7 Å². The van der Waals surface area contributed by atoms with E-state index in [9.17, 15) is 41.6 Å². The van der Waals surface area contributed by atoms with Crippen LogP contribution in [0, 0.1) is 70.7 Å². The average molecular weight is 1830 g/mol. The third-order valence-corrected chi connectivity index (χ3v) is 29.7. The zero-order chi connectivity index (χ0) is 89.5. The summed E-state index contributed by atoms with van der Waals surface area (Å²) in [5.74, 6) is -0.307. The Morgan fingerprint density at radius 1 is 0.395 bits per heavy atom. The maximum atomic E-state index is 15.5. The number of nitrogens with zero attached hydrogens (tertiary/aromatic N) is 8. The summed E-state index contributed by atoms with van der Waals surface area (Å²) < 4.78 is 77.5. The molecule has 0 radical (unpaired) electrons. The average Bonchev–Trinajstić information content (AvgIpc) is 1.28. The van der Waals surface area contributed by atoms with Gasteiger partial charge in [0.05, 0.1) is 66.3 Å². The topological polar surface area (TPSA) is 225 Å². The SMILES string of the molecule is CC(C)[C@H](N)c1cccc(F)c1N1CCN(C(=O)[C@H]2CN(C(=O)C3CC3)C[C@@H]2c2ccc(Cl)cc2)CC1.CC(C)[C@H](N[S@@](=O)C(C)(C)C)c1cccc(F)c1N1CCN(C(=O)[C@H]2CN(C(=O)C3CC3)C[C@@H]2c2ccc(Cl)cc2)CC1.CC(C)[C@H](N[S@@](=O)C(C)(C)C)c1cccc(F)c1N1CCN(C(=O)[C@H]2CNC[C@@H]2c2ccc(Cl)cc2)CC1.O=C(Cl)C1CC1. The molecule has 0 unspecified atom stereocenters. The highest BCUT2D eigenvalue weighted by Crippen LogP contribution is 2.45. The lowest BCUT2D eigenvalue weighted by molar-refractivity contribution is -0.137. The van der Waals surface area contributed by atoms with Crippen LogP contribution >= 0.6 is 46.4 Å². The van der Waals surface area contributed by atoms with Crippen LogP contribution in [0.3, 0.4) is 0 Å². The molecule has 674 valence electrons. The predicted octanol–water partition coefficient (Wildman–Crippen LogP) is 16.0. The van der Waals surface area contributed by atoms with Crippen molar-refractivity contribution in [1.29, 1.82) is 0 Å². The number of carbonyl (C=O) groups excluding carboxylic acids is 6. The smallest absolute Gasteiger partial charge is 0.228 e. The van der Waals surface area contributed by atoms with Crippen molar-refractivity contribution in [2.45, 2.75) is 167 Å². The molecule has 0 bridgehead atoms. The molecule has 15 rings (SSSR count). The number of rotatable bonds is 22. The van der Waals surface area contributed by atoms with Crippen LogP contribution in [0.2, 0.25) is 15.1 Å². The summed E-state index contributed by atoms with van der Waals surface area (Å²) >= 11 is 23.4. The van der Waals surface area contributed by atoms with E-state index >= 15 is 8.78 Å². The van der Waals surface area contributed by atoms with Crippen molar-refractivity contribution in [1.82, 2.24) is 39.3 Å². The molecule has 0 aromatic heterocycles. The second kappa shape index (κ2) is 41.9. The molecule has 29 heteroatoms. The van der Waals surface area contributed by atoms with Gasteiger partial charge in [-0.1, -0.05) is 149 Å². The number of nitrogens with two attached hydrogens (primary N) is 1. The normalized spacial score (nSPS) is 22.5. The van der Waals surface area contributed by atoms with Crippen molar-refractivity contribution in [3.63, 3.8) is 0 Å². The van der Waals surface area contributed by atoms with Crippen molar-refractivity contribution in [3.8, 4) is 0 Å². The Morgan fingerprint density at radius 2 is 0.702 bits per heavy atom. The molecule has 20 nitrogen and oxygen atoms in total. The lowest BCUT2D eigenvalue weighted by Crippen LogP contribution is -2.52. The van der Waals surface area contributed by atoms with Crippen LogP contribution in [0.4, 0.5) is 30.2 Å². The maximum Gasteiger partial charge on any atom is 0.228 e. The first-order chi connectivity index (χ1) is 58.9. The number of hydrogen-bond acceptors (Lipinski definition) is 13. The first kappa shape index (κ1) is 95.9. The van der Waals surface area contributed by atoms with E-state index in [1.54, 1.807) is 18.2 Å². The van der Waals surface area contributed by atoms with Crippen LogP contribution in [0.15, 0.2) is 127 Å². The Balaban J connectivity index is 0.000000164. The molecular weight excluding hydrogens is 1700 g/mol. The molecule has 6 aromatic carbocycles. The minimum absolute atomic E-state index is 0.0433. The summed E-state index contributed by atoms with van der Waals surface area (Å²) in [6.07, 6.45) is 5.78. The van der Waals surface area contributed by atoms with Gasteiger partial charge < -0.3 is 50.2 Å². The van der Waals surface area contributed by atoms with Gasteiger partial charge in [-0.15, -0.1) is 0 Å². The van der Waals surface area contributed by atoms with Crippen molar-refractivity contribution in [2.24, 2.45) is 59.0 Å². The Bertz CT molecular complexity index is 4760. The Labute approximate surface area is 756 Å². The van der Waals surface area contributed by atoms with Gasteiger partial charge in [-0.2, -0.15) is 0 Å². The Kier molecular flexibility index (Phi) is 32.4. The van der Waals surface area contributed by atoms with Gasteiger partial charge in [0.25, 0.3) is 0 Å². The quantitative estimate of drug-likeness (QED) is 0.0465. The number of nitrogens with one attached hydrogen (secondary N) is 3. The number of amides is 5. The summed E-state index contributed by atoms with van der Waals surface area (Å²) in [6.45, 7) is 33.2. The van der Waals surface area contributed by atoms with E-state index in [-0.39, 0.29) is 141 Å². The van der Waals surface area contributed by atoms with E-state index in [0.717, 1.165) is 78.5 Å². The summed E-state index contributed by atoms with van der Waals surface area (Å²) in [4.78, 5) is 92.8. The van der Waals surface area contributed by atoms with E-state index < -0.39 is 31.5 Å². The highest BCUT2D eigenvalue weighted by molar-refractivity contribution is 7.84. The van der Waals surface area contributed by atoms with Gasteiger partial charge in [0, 0.05) is 187 Å². The summed E-state index contributed by atoms with van der Waals surface area (Å²) in [7, 11) is -2.63. The second-order valence-electron chi connectivity index (χ2n) is 37.7. The molecule has 3 aliphatic carbocycles. The molecule has 3 saturated carbocycles. The fraction of sp³-hybridized carbons (Fsp3) is 0.558. The van der Waals surface area contributed by atoms with Gasteiger partial charge in [-0.05, 0) is 197 Å². The molecule has 5 amide bonds. The number of carbonyl (C=O) groups is 6. The van der Waals surface area contributed by atoms with Gasteiger partial charge in [0.2, 0.25) is 34.8 Å². The summed E-state index contributed by atoms with van der Waals surface area (Å²) in [6, 6.07) is 37.4. The molecule has 6 heterocycles. The minimum atomic E-state index is -1.33. The Hall–Kier alpha value is -7.17. The largest absolute Gasteiger partial charge is 0.365 e. The Morgan fingerprint density at radius 3 is 0.992 bits per heavy atom. The molecule has 11 atom stereocenters. The summed E-state index contributed by atoms with van der Waals surface area (Å²) in [5, 5.41) is 5.20. The van der Waals surface area contributed by atoms with Crippen molar-refractivity contribution >= 4 is 120 Å². The van der Waals surface area contributed by atoms with Crippen LogP contribution in [-0.4, -0.2) is 195 Å². The fourth-order valence-corrected chi connectivity index (χ4v) is 20.2. The fourth-order valence-electron chi connectivity index (χ4n) is 17.6.